The Morgan fingerprint density at radius 2 is 1.88 bits per heavy atom. The summed E-state index contributed by atoms with van der Waals surface area (Å²) in [5.74, 6) is 0.0762. The smallest absolute Gasteiger partial charge is 0.337 e. The minimum absolute atomic E-state index is 0.0822. The summed E-state index contributed by atoms with van der Waals surface area (Å²) >= 11 is 11.7. The number of ether oxygens (including phenoxy) is 1. The maximum Gasteiger partial charge on any atom is 0.337 e. The number of hydrogen-bond donors (Lipinski definition) is 2. The molecule has 0 amide bonds. The fraction of sp³-hybridized carbons (Fsp3) is 0.300. The first-order chi connectivity index (χ1) is 12.4. The van der Waals surface area contributed by atoms with Crippen LogP contribution in [-0.2, 0) is 4.74 Å². The third-order valence-corrected chi connectivity index (χ3v) is 4.40. The van der Waals surface area contributed by atoms with Crippen LogP contribution in [0.15, 0.2) is 48.5 Å². The lowest BCUT2D eigenvalue weighted by atomic mass is 9.97. The van der Waals surface area contributed by atoms with Crippen LogP contribution in [0.3, 0.4) is 0 Å². The van der Waals surface area contributed by atoms with Crippen molar-refractivity contribution < 1.29 is 9.53 Å². The van der Waals surface area contributed by atoms with Gasteiger partial charge < -0.3 is 15.4 Å². The molecule has 2 aromatic rings. The molecule has 0 aliphatic carbocycles. The molecule has 0 aromatic heterocycles. The van der Waals surface area contributed by atoms with Gasteiger partial charge in [0.15, 0.2) is 5.11 Å². The van der Waals surface area contributed by atoms with E-state index in [1.165, 1.54) is 12.7 Å². The molecule has 2 rings (SSSR count). The van der Waals surface area contributed by atoms with Crippen LogP contribution in [0.25, 0.3) is 0 Å². The highest BCUT2D eigenvalue weighted by atomic mass is 35.5. The monoisotopic (exact) mass is 390 g/mol. The largest absolute Gasteiger partial charge is 0.465 e. The van der Waals surface area contributed by atoms with Gasteiger partial charge in [0.25, 0.3) is 0 Å². The number of nitrogens with one attached hydrogen (secondary N) is 2. The van der Waals surface area contributed by atoms with Gasteiger partial charge in [0, 0.05) is 0 Å². The van der Waals surface area contributed by atoms with E-state index in [4.69, 9.17) is 28.6 Å². The van der Waals surface area contributed by atoms with E-state index >= 15 is 0 Å². The summed E-state index contributed by atoms with van der Waals surface area (Å²) in [5.41, 5.74) is 2.13. The molecule has 0 aliphatic heterocycles. The molecule has 2 N–H and O–H groups in total. The molecule has 0 bridgehead atoms. The summed E-state index contributed by atoms with van der Waals surface area (Å²) in [5, 5.41) is 7.35. The molecule has 6 heteroatoms. The Kier molecular flexibility index (Phi) is 7.42. The predicted octanol–water partition coefficient (Wildman–Crippen LogP) is 5.20. The van der Waals surface area contributed by atoms with E-state index < -0.39 is 5.97 Å². The van der Waals surface area contributed by atoms with Gasteiger partial charge in [-0.1, -0.05) is 55.8 Å². The Bertz CT molecular complexity index is 766. The zero-order chi connectivity index (χ0) is 19.1. The lowest BCUT2D eigenvalue weighted by molar-refractivity contribution is 0.0601. The van der Waals surface area contributed by atoms with Crippen LogP contribution < -0.4 is 10.6 Å². The van der Waals surface area contributed by atoms with Crippen molar-refractivity contribution in [2.45, 2.75) is 26.3 Å². The average molecular weight is 391 g/mol. The van der Waals surface area contributed by atoms with Crippen molar-refractivity contribution in [2.75, 3.05) is 12.4 Å². The zero-order valence-corrected chi connectivity index (χ0v) is 16.7. The second-order valence-electron chi connectivity index (χ2n) is 6.38. The standard InChI is InChI=1S/C20H23ClN2O2S/c1-13(2)11-17(14-7-5-4-6-8-14)22-20(26)23-18-12-15(19(24)25-3)9-10-16(18)21/h4-10,12-13,17H,11H2,1-3H3,(H2,22,23,26)/t17-/m1/s1. The molecule has 0 saturated carbocycles. The summed E-state index contributed by atoms with van der Waals surface area (Å²) in [6.45, 7) is 4.34. The maximum atomic E-state index is 11.7. The highest BCUT2D eigenvalue weighted by molar-refractivity contribution is 7.80. The molecule has 1 atom stereocenters. The second-order valence-corrected chi connectivity index (χ2v) is 7.19. The van der Waals surface area contributed by atoms with Crippen molar-refractivity contribution in [2.24, 2.45) is 5.92 Å². The molecule has 0 aliphatic rings. The van der Waals surface area contributed by atoms with E-state index in [1.54, 1.807) is 18.2 Å². The van der Waals surface area contributed by atoms with Gasteiger partial charge in [0.2, 0.25) is 0 Å². The molecular weight excluding hydrogens is 368 g/mol. The fourth-order valence-corrected chi connectivity index (χ4v) is 3.03. The van der Waals surface area contributed by atoms with Crippen LogP contribution in [0.2, 0.25) is 5.02 Å². The first-order valence-corrected chi connectivity index (χ1v) is 9.19. The van der Waals surface area contributed by atoms with Gasteiger partial charge in [-0.2, -0.15) is 0 Å². The molecular formula is C20H23ClN2O2S. The van der Waals surface area contributed by atoms with Gasteiger partial charge in [-0.05, 0) is 48.3 Å². The van der Waals surface area contributed by atoms with Crippen LogP contribution in [0.1, 0.15) is 42.2 Å². The molecule has 0 unspecified atom stereocenters. The number of carbonyl (C=O) groups is 1. The molecule has 26 heavy (non-hydrogen) atoms. The van der Waals surface area contributed by atoms with E-state index in [9.17, 15) is 4.79 Å². The molecule has 0 radical (unpaired) electrons. The lowest BCUT2D eigenvalue weighted by Gasteiger charge is -2.23. The number of halogens is 1. The third-order valence-electron chi connectivity index (χ3n) is 3.85. The minimum Gasteiger partial charge on any atom is -0.465 e. The Morgan fingerprint density at radius 1 is 1.19 bits per heavy atom. The summed E-state index contributed by atoms with van der Waals surface area (Å²) in [7, 11) is 1.34. The van der Waals surface area contributed by atoms with E-state index in [0.717, 1.165) is 6.42 Å². The highest BCUT2D eigenvalue weighted by Crippen LogP contribution is 2.25. The number of benzene rings is 2. The van der Waals surface area contributed by atoms with Crippen molar-refractivity contribution >= 4 is 40.6 Å². The molecule has 0 fully saturated rings. The number of methoxy groups -OCH3 is 1. The van der Waals surface area contributed by atoms with E-state index in [1.807, 2.05) is 18.2 Å². The van der Waals surface area contributed by atoms with Gasteiger partial charge in [0.05, 0.1) is 29.4 Å². The first kappa shape index (κ1) is 20.2. The van der Waals surface area contributed by atoms with Crippen molar-refractivity contribution in [3.63, 3.8) is 0 Å². The van der Waals surface area contributed by atoms with Crippen molar-refractivity contribution in [3.05, 3.63) is 64.7 Å². The van der Waals surface area contributed by atoms with Gasteiger partial charge >= 0.3 is 5.97 Å². The van der Waals surface area contributed by atoms with Crippen LogP contribution in [-0.4, -0.2) is 18.2 Å². The maximum absolute atomic E-state index is 11.7. The van der Waals surface area contributed by atoms with E-state index in [0.29, 0.717) is 27.3 Å². The number of carbonyl (C=O) groups excluding carboxylic acids is 1. The zero-order valence-electron chi connectivity index (χ0n) is 15.1. The summed E-state index contributed by atoms with van der Waals surface area (Å²) in [6.07, 6.45) is 0.932. The second kappa shape index (κ2) is 9.55. The number of hydrogen-bond acceptors (Lipinski definition) is 3. The van der Waals surface area contributed by atoms with Gasteiger partial charge in [0.1, 0.15) is 0 Å². The quantitative estimate of drug-likeness (QED) is 0.524. The van der Waals surface area contributed by atoms with Crippen LogP contribution in [0.5, 0.6) is 0 Å². The number of esters is 1. The van der Waals surface area contributed by atoms with Crippen molar-refractivity contribution in [1.82, 2.24) is 5.32 Å². The SMILES string of the molecule is COC(=O)c1ccc(Cl)c(NC(=S)N[C@H](CC(C)C)c2ccccc2)c1. The van der Waals surface area contributed by atoms with E-state index in [-0.39, 0.29) is 6.04 Å². The number of anilines is 1. The van der Waals surface area contributed by atoms with Crippen LogP contribution in [0.4, 0.5) is 5.69 Å². The Labute approximate surface area is 164 Å². The van der Waals surface area contributed by atoms with Crippen LogP contribution in [0, 0.1) is 5.92 Å². The van der Waals surface area contributed by atoms with Crippen LogP contribution >= 0.6 is 23.8 Å². The normalized spacial score (nSPS) is 11.7. The summed E-state index contributed by atoms with van der Waals surface area (Å²) in [4.78, 5) is 11.7. The van der Waals surface area contributed by atoms with Gasteiger partial charge in [-0.3, -0.25) is 0 Å². The summed E-state index contributed by atoms with van der Waals surface area (Å²) < 4.78 is 4.74. The Morgan fingerprint density at radius 3 is 2.50 bits per heavy atom. The molecule has 4 nitrogen and oxygen atoms in total. The third kappa shape index (κ3) is 5.71. The number of rotatable bonds is 6. The minimum atomic E-state index is -0.425. The van der Waals surface area contributed by atoms with Crippen molar-refractivity contribution in [3.8, 4) is 0 Å². The van der Waals surface area contributed by atoms with Gasteiger partial charge in [-0.15, -0.1) is 0 Å². The number of thiocarbonyl (C=S) groups is 1. The molecule has 2 aromatic carbocycles. The van der Waals surface area contributed by atoms with Crippen molar-refractivity contribution in [1.29, 1.82) is 0 Å². The Balaban J connectivity index is 2.14. The first-order valence-electron chi connectivity index (χ1n) is 8.41. The average Bonchev–Trinajstić information content (AvgIpc) is 2.62. The van der Waals surface area contributed by atoms with Gasteiger partial charge in [-0.25, -0.2) is 4.79 Å². The molecule has 138 valence electrons. The fourth-order valence-electron chi connectivity index (χ4n) is 2.62. The topological polar surface area (TPSA) is 50.4 Å². The summed E-state index contributed by atoms with van der Waals surface area (Å²) in [6, 6.07) is 15.1. The molecule has 0 spiro atoms. The Hall–Kier alpha value is -2.11. The lowest BCUT2D eigenvalue weighted by Crippen LogP contribution is -2.33. The van der Waals surface area contributed by atoms with E-state index in [2.05, 4.69) is 36.6 Å². The highest BCUT2D eigenvalue weighted by Gasteiger charge is 2.16. The molecule has 0 saturated heterocycles. The molecule has 0 heterocycles. The predicted molar refractivity (Wildman–Crippen MR) is 111 cm³/mol.